The molecule has 1 aromatic carbocycles. The van der Waals surface area contributed by atoms with Crippen LogP contribution in [0.25, 0.3) is 10.2 Å². The van der Waals surface area contributed by atoms with Gasteiger partial charge in [-0.2, -0.15) is 0 Å². The highest BCUT2D eigenvalue weighted by atomic mass is 32.1. The molecule has 3 nitrogen and oxygen atoms in total. The van der Waals surface area contributed by atoms with Gasteiger partial charge < -0.3 is 10.2 Å². The summed E-state index contributed by atoms with van der Waals surface area (Å²) in [7, 11) is 2.18. The Labute approximate surface area is 126 Å². The van der Waals surface area contributed by atoms with Gasteiger partial charge in [0.25, 0.3) is 0 Å². The van der Waals surface area contributed by atoms with Gasteiger partial charge in [-0.25, -0.2) is 4.98 Å². The predicted octanol–water partition coefficient (Wildman–Crippen LogP) is 3.68. The van der Waals surface area contributed by atoms with Crippen LogP contribution in [0.3, 0.4) is 0 Å². The van der Waals surface area contributed by atoms with Crippen LogP contribution >= 0.6 is 11.3 Å². The van der Waals surface area contributed by atoms with E-state index in [2.05, 4.69) is 56.2 Å². The van der Waals surface area contributed by atoms with Crippen molar-refractivity contribution in [3.8, 4) is 0 Å². The largest absolute Gasteiger partial charge is 0.308 e. The lowest BCUT2D eigenvalue weighted by Crippen LogP contribution is -2.30. The Hall–Kier alpha value is -0.970. The smallest absolute Gasteiger partial charge is 0.111 e. The normalized spacial score (nSPS) is 13.5. The van der Waals surface area contributed by atoms with Gasteiger partial charge in [-0.1, -0.05) is 12.1 Å². The molecule has 1 unspecified atom stereocenters. The molecule has 0 amide bonds. The average Bonchev–Trinajstić information content (AvgIpc) is 2.86. The lowest BCUT2D eigenvalue weighted by Gasteiger charge is -2.21. The van der Waals surface area contributed by atoms with Crippen LogP contribution in [0.2, 0.25) is 0 Å². The van der Waals surface area contributed by atoms with Crippen molar-refractivity contribution in [1.82, 2.24) is 15.2 Å². The van der Waals surface area contributed by atoms with E-state index >= 15 is 0 Å². The molecule has 0 aliphatic rings. The molecule has 20 heavy (non-hydrogen) atoms. The molecule has 1 atom stereocenters. The third-order valence-electron chi connectivity index (χ3n) is 3.70. The Morgan fingerprint density at radius 2 is 2.00 bits per heavy atom. The summed E-state index contributed by atoms with van der Waals surface area (Å²) >= 11 is 1.79. The van der Waals surface area contributed by atoms with Crippen molar-refractivity contribution in [3.05, 3.63) is 29.3 Å². The van der Waals surface area contributed by atoms with E-state index in [1.54, 1.807) is 11.3 Å². The van der Waals surface area contributed by atoms with Gasteiger partial charge in [-0.05, 0) is 59.5 Å². The SMILES string of the molecule is CC(NCCCN(C)C(C)C)c1nc2ccccc2s1. The molecular formula is C16H25N3S. The second kappa shape index (κ2) is 7.16. The number of thiazole rings is 1. The summed E-state index contributed by atoms with van der Waals surface area (Å²) in [6, 6.07) is 9.30. The van der Waals surface area contributed by atoms with Crippen LogP contribution < -0.4 is 5.32 Å². The Morgan fingerprint density at radius 3 is 2.70 bits per heavy atom. The Morgan fingerprint density at radius 1 is 1.25 bits per heavy atom. The summed E-state index contributed by atoms with van der Waals surface area (Å²) in [4.78, 5) is 7.08. The first-order valence-electron chi connectivity index (χ1n) is 7.37. The number of rotatable bonds is 7. The van der Waals surface area contributed by atoms with Gasteiger partial charge in [-0.15, -0.1) is 11.3 Å². The highest BCUT2D eigenvalue weighted by molar-refractivity contribution is 7.18. The Bertz CT molecular complexity index is 502. The van der Waals surface area contributed by atoms with Crippen molar-refractivity contribution >= 4 is 21.6 Å². The molecule has 0 fully saturated rings. The lowest BCUT2D eigenvalue weighted by atomic mass is 10.3. The summed E-state index contributed by atoms with van der Waals surface area (Å²) in [6.45, 7) is 8.84. The van der Waals surface area contributed by atoms with Gasteiger partial charge in [-0.3, -0.25) is 0 Å². The summed E-state index contributed by atoms with van der Waals surface area (Å²) in [6.07, 6.45) is 1.17. The number of nitrogens with one attached hydrogen (secondary N) is 1. The van der Waals surface area contributed by atoms with Gasteiger partial charge in [0, 0.05) is 6.04 Å². The minimum absolute atomic E-state index is 0.330. The van der Waals surface area contributed by atoms with Crippen molar-refractivity contribution in [1.29, 1.82) is 0 Å². The minimum atomic E-state index is 0.330. The third kappa shape index (κ3) is 4.01. The maximum Gasteiger partial charge on any atom is 0.111 e. The summed E-state index contributed by atoms with van der Waals surface area (Å²) in [5, 5.41) is 4.76. The number of hydrogen-bond acceptors (Lipinski definition) is 4. The molecule has 4 heteroatoms. The Kier molecular flexibility index (Phi) is 5.52. The van der Waals surface area contributed by atoms with Crippen LogP contribution in [0, 0.1) is 0 Å². The molecule has 0 saturated carbocycles. The third-order valence-corrected chi connectivity index (χ3v) is 4.92. The van der Waals surface area contributed by atoms with Gasteiger partial charge in [0.15, 0.2) is 0 Å². The van der Waals surface area contributed by atoms with Crippen molar-refractivity contribution < 1.29 is 0 Å². The fourth-order valence-corrected chi connectivity index (χ4v) is 3.06. The van der Waals surface area contributed by atoms with Gasteiger partial charge >= 0.3 is 0 Å². The summed E-state index contributed by atoms with van der Waals surface area (Å²) in [5.74, 6) is 0. The van der Waals surface area contributed by atoms with Crippen LogP contribution in [0.1, 0.15) is 38.2 Å². The van der Waals surface area contributed by atoms with E-state index in [0.717, 1.165) is 18.6 Å². The van der Waals surface area contributed by atoms with E-state index in [1.807, 2.05) is 6.07 Å². The molecule has 1 heterocycles. The first-order valence-corrected chi connectivity index (χ1v) is 8.18. The van der Waals surface area contributed by atoms with Crippen molar-refractivity contribution in [2.45, 2.75) is 39.3 Å². The van der Waals surface area contributed by atoms with E-state index in [9.17, 15) is 0 Å². The molecule has 2 rings (SSSR count). The van der Waals surface area contributed by atoms with Crippen molar-refractivity contribution in [2.24, 2.45) is 0 Å². The number of para-hydroxylation sites is 1. The molecule has 0 bridgehead atoms. The fourth-order valence-electron chi connectivity index (χ4n) is 2.07. The lowest BCUT2D eigenvalue weighted by molar-refractivity contribution is 0.268. The maximum absolute atomic E-state index is 4.70. The molecule has 0 aliphatic carbocycles. The fraction of sp³-hybridized carbons (Fsp3) is 0.562. The molecule has 0 spiro atoms. The monoisotopic (exact) mass is 291 g/mol. The van der Waals surface area contributed by atoms with Crippen LogP contribution in [-0.4, -0.2) is 36.1 Å². The standard InChI is InChI=1S/C16H25N3S/c1-12(2)19(4)11-7-10-17-13(3)16-18-14-8-5-6-9-15(14)20-16/h5-6,8-9,12-13,17H,7,10-11H2,1-4H3. The van der Waals surface area contributed by atoms with E-state index in [4.69, 9.17) is 4.98 Å². The van der Waals surface area contributed by atoms with Crippen LogP contribution in [-0.2, 0) is 0 Å². The van der Waals surface area contributed by atoms with Crippen LogP contribution in [0.4, 0.5) is 0 Å². The molecule has 1 aromatic heterocycles. The van der Waals surface area contributed by atoms with Crippen molar-refractivity contribution in [3.63, 3.8) is 0 Å². The van der Waals surface area contributed by atoms with Gasteiger partial charge in [0.05, 0.1) is 16.3 Å². The molecule has 1 N–H and O–H groups in total. The average molecular weight is 291 g/mol. The number of fused-ring (bicyclic) bond motifs is 1. The quantitative estimate of drug-likeness (QED) is 0.789. The second-order valence-corrected chi connectivity index (χ2v) is 6.69. The number of benzene rings is 1. The topological polar surface area (TPSA) is 28.2 Å². The highest BCUT2D eigenvalue weighted by Gasteiger charge is 2.10. The molecule has 0 radical (unpaired) electrons. The van der Waals surface area contributed by atoms with Crippen LogP contribution in [0.15, 0.2) is 24.3 Å². The van der Waals surface area contributed by atoms with Crippen LogP contribution in [0.5, 0.6) is 0 Å². The maximum atomic E-state index is 4.70. The van der Waals surface area contributed by atoms with Crippen molar-refractivity contribution in [2.75, 3.05) is 20.1 Å². The first kappa shape index (κ1) is 15.4. The number of aromatic nitrogens is 1. The zero-order valence-electron chi connectivity index (χ0n) is 12.9. The summed E-state index contributed by atoms with van der Waals surface area (Å²) in [5.41, 5.74) is 1.11. The predicted molar refractivity (Wildman–Crippen MR) is 88.4 cm³/mol. The zero-order chi connectivity index (χ0) is 14.5. The molecule has 2 aromatic rings. The first-order chi connectivity index (χ1) is 9.58. The summed E-state index contributed by atoms with van der Waals surface area (Å²) < 4.78 is 1.27. The van der Waals surface area contributed by atoms with E-state index < -0.39 is 0 Å². The highest BCUT2D eigenvalue weighted by Crippen LogP contribution is 2.25. The second-order valence-electron chi connectivity index (χ2n) is 5.62. The zero-order valence-corrected chi connectivity index (χ0v) is 13.7. The van der Waals surface area contributed by atoms with Gasteiger partial charge in [0.1, 0.15) is 5.01 Å². The minimum Gasteiger partial charge on any atom is -0.308 e. The number of nitrogens with zero attached hydrogens (tertiary/aromatic N) is 2. The Balaban J connectivity index is 1.81. The van der Waals surface area contributed by atoms with E-state index in [0.29, 0.717) is 12.1 Å². The van der Waals surface area contributed by atoms with Gasteiger partial charge in [0.2, 0.25) is 0 Å². The molecule has 0 aliphatic heterocycles. The van der Waals surface area contributed by atoms with E-state index in [1.165, 1.54) is 16.1 Å². The number of hydrogen-bond donors (Lipinski definition) is 1. The molecular weight excluding hydrogens is 266 g/mol. The molecule has 110 valence electrons. The molecule has 0 saturated heterocycles. The van der Waals surface area contributed by atoms with E-state index in [-0.39, 0.29) is 0 Å².